The zero-order chi connectivity index (χ0) is 28.2. The van der Waals surface area contributed by atoms with Gasteiger partial charge in [-0.1, -0.05) is 82.5 Å². The molecule has 0 N–H and O–H groups in total. The van der Waals surface area contributed by atoms with Gasteiger partial charge >= 0.3 is 5.97 Å². The number of ether oxygens (including phenoxy) is 1. The summed E-state index contributed by atoms with van der Waals surface area (Å²) < 4.78 is 6.26. The molecule has 2 nitrogen and oxygen atoms in total. The van der Waals surface area contributed by atoms with E-state index in [4.69, 9.17) is 4.74 Å². The van der Waals surface area contributed by atoms with Crippen LogP contribution in [-0.2, 0) is 4.74 Å². The highest BCUT2D eigenvalue weighted by molar-refractivity contribution is 5.89. The topological polar surface area (TPSA) is 26.3 Å². The highest BCUT2D eigenvalue weighted by Crippen LogP contribution is 2.72. The Morgan fingerprint density at radius 1 is 0.949 bits per heavy atom. The maximum Gasteiger partial charge on any atom is 0.338 e. The molecule has 4 aliphatic rings. The Labute approximate surface area is 239 Å². The molecule has 7 atom stereocenters. The Balaban J connectivity index is 1.38. The first-order valence-corrected chi connectivity index (χ1v) is 16.0. The van der Waals surface area contributed by atoms with Crippen LogP contribution in [0.15, 0.2) is 53.1 Å². The van der Waals surface area contributed by atoms with E-state index in [1.54, 1.807) is 0 Å². The van der Waals surface area contributed by atoms with E-state index in [1.807, 2.05) is 41.5 Å². The van der Waals surface area contributed by atoms with Gasteiger partial charge in [0.2, 0.25) is 0 Å². The fraction of sp³-hybridized carbons (Fsp3) is 0.703. The standard InChI is InChI=1S/C37H54O2/c1-25(2)13-12-14-26(3)28-19-23-37(8)30-17-18-31-34(4,5)32(39-33(38)27-15-10-9-11-16-27)21-22-35(31,6)29(30)20-24-36(28,37)7/h9-11,13,15-16,26,28,31-32H,12,14,17-24H2,1-8H3. The van der Waals surface area contributed by atoms with Crippen molar-refractivity contribution in [1.29, 1.82) is 0 Å². The second-order valence-electron chi connectivity index (χ2n) is 15.3. The first-order valence-electron chi connectivity index (χ1n) is 16.0. The Hall–Kier alpha value is -1.83. The minimum absolute atomic E-state index is 0.0209. The molecule has 0 heterocycles. The Kier molecular flexibility index (Phi) is 7.52. The van der Waals surface area contributed by atoms with E-state index >= 15 is 0 Å². The summed E-state index contributed by atoms with van der Waals surface area (Å²) in [4.78, 5) is 13.0. The molecule has 0 amide bonds. The van der Waals surface area contributed by atoms with Crippen LogP contribution in [0.4, 0.5) is 0 Å². The molecule has 2 fully saturated rings. The predicted molar refractivity (Wildman–Crippen MR) is 163 cm³/mol. The molecule has 2 saturated carbocycles. The van der Waals surface area contributed by atoms with Gasteiger partial charge in [-0.3, -0.25) is 0 Å². The number of esters is 1. The molecule has 39 heavy (non-hydrogen) atoms. The van der Waals surface area contributed by atoms with Crippen molar-refractivity contribution in [2.24, 2.45) is 39.4 Å². The summed E-state index contributed by atoms with van der Waals surface area (Å²) >= 11 is 0. The van der Waals surface area contributed by atoms with Gasteiger partial charge < -0.3 is 4.74 Å². The van der Waals surface area contributed by atoms with E-state index in [0.29, 0.717) is 22.3 Å². The maximum atomic E-state index is 13.0. The summed E-state index contributed by atoms with van der Waals surface area (Å²) in [5.74, 6) is 2.01. The van der Waals surface area contributed by atoms with E-state index in [9.17, 15) is 4.79 Å². The van der Waals surface area contributed by atoms with Gasteiger partial charge in [-0.25, -0.2) is 4.79 Å². The summed E-state index contributed by atoms with van der Waals surface area (Å²) in [6.45, 7) is 19.7. The smallest absolute Gasteiger partial charge is 0.338 e. The lowest BCUT2D eigenvalue weighted by molar-refractivity contribution is -0.104. The third-order valence-electron chi connectivity index (χ3n) is 12.9. The third-order valence-corrected chi connectivity index (χ3v) is 12.9. The lowest BCUT2D eigenvalue weighted by Crippen LogP contribution is -2.55. The number of rotatable bonds is 6. The first-order chi connectivity index (χ1) is 18.3. The summed E-state index contributed by atoms with van der Waals surface area (Å²) in [7, 11) is 0. The highest BCUT2D eigenvalue weighted by Gasteiger charge is 2.63. The number of benzene rings is 1. The van der Waals surface area contributed by atoms with Crippen LogP contribution < -0.4 is 0 Å². The summed E-state index contributed by atoms with van der Waals surface area (Å²) in [6.07, 6.45) is 14.9. The molecule has 0 aromatic heterocycles. The lowest BCUT2D eigenvalue weighted by atomic mass is 9.43. The van der Waals surface area contributed by atoms with Crippen LogP contribution in [0.5, 0.6) is 0 Å². The largest absolute Gasteiger partial charge is 0.458 e. The van der Waals surface area contributed by atoms with Crippen LogP contribution in [0.1, 0.15) is 130 Å². The fourth-order valence-corrected chi connectivity index (χ4v) is 10.4. The van der Waals surface area contributed by atoms with Crippen molar-refractivity contribution in [1.82, 2.24) is 0 Å². The van der Waals surface area contributed by atoms with Gasteiger partial charge in [0.15, 0.2) is 0 Å². The van der Waals surface area contributed by atoms with Crippen molar-refractivity contribution in [2.75, 3.05) is 0 Å². The predicted octanol–water partition coefficient (Wildman–Crippen LogP) is 10.3. The van der Waals surface area contributed by atoms with E-state index in [1.165, 1.54) is 56.9 Å². The highest BCUT2D eigenvalue weighted by atomic mass is 16.5. The minimum Gasteiger partial charge on any atom is -0.458 e. The van der Waals surface area contributed by atoms with Gasteiger partial charge in [-0.15, -0.1) is 0 Å². The van der Waals surface area contributed by atoms with Crippen LogP contribution in [0.2, 0.25) is 0 Å². The van der Waals surface area contributed by atoms with Crippen LogP contribution in [0.25, 0.3) is 0 Å². The molecule has 4 aliphatic carbocycles. The maximum absolute atomic E-state index is 13.0. The van der Waals surface area contributed by atoms with E-state index in [2.05, 4.69) is 61.5 Å². The molecule has 0 aliphatic heterocycles. The first kappa shape index (κ1) is 28.7. The van der Waals surface area contributed by atoms with E-state index in [-0.39, 0.29) is 22.9 Å². The Morgan fingerprint density at radius 3 is 2.36 bits per heavy atom. The van der Waals surface area contributed by atoms with Crippen molar-refractivity contribution >= 4 is 5.97 Å². The molecule has 0 saturated heterocycles. The van der Waals surface area contributed by atoms with Crippen molar-refractivity contribution in [2.45, 2.75) is 126 Å². The number of carbonyl (C=O) groups is 1. The van der Waals surface area contributed by atoms with Crippen molar-refractivity contribution < 1.29 is 9.53 Å². The van der Waals surface area contributed by atoms with Crippen molar-refractivity contribution in [3.8, 4) is 0 Å². The van der Waals surface area contributed by atoms with Gasteiger partial charge in [0.05, 0.1) is 5.56 Å². The van der Waals surface area contributed by atoms with Gasteiger partial charge in [-0.05, 0) is 124 Å². The Morgan fingerprint density at radius 2 is 1.67 bits per heavy atom. The molecule has 1 aromatic rings. The molecular formula is C37H54O2. The Bertz CT molecular complexity index is 1140. The molecule has 0 bridgehead atoms. The monoisotopic (exact) mass is 530 g/mol. The normalized spacial score (nSPS) is 37.8. The summed E-state index contributed by atoms with van der Waals surface area (Å²) in [5.41, 5.74) is 6.74. The van der Waals surface area contributed by atoms with Gasteiger partial charge in [0, 0.05) is 5.41 Å². The average molecular weight is 531 g/mol. The third kappa shape index (κ3) is 4.57. The second-order valence-corrected chi connectivity index (χ2v) is 15.3. The van der Waals surface area contributed by atoms with E-state index < -0.39 is 0 Å². The SMILES string of the molecule is CC(C)=CCCC(C)C1CCC2(C)C3=C(CCC12C)C1(C)CCC(OC(=O)c2ccccc2)C(C)(C)C1CC3. The number of allylic oxidation sites excluding steroid dienone is 4. The quantitative estimate of drug-likeness (QED) is 0.270. The van der Waals surface area contributed by atoms with Crippen LogP contribution in [0, 0.1) is 39.4 Å². The van der Waals surface area contributed by atoms with Gasteiger partial charge in [0.1, 0.15) is 6.10 Å². The minimum atomic E-state index is -0.162. The van der Waals surface area contributed by atoms with Gasteiger partial charge in [0.25, 0.3) is 0 Å². The van der Waals surface area contributed by atoms with Crippen LogP contribution in [-0.4, -0.2) is 12.1 Å². The fourth-order valence-electron chi connectivity index (χ4n) is 10.4. The van der Waals surface area contributed by atoms with Crippen molar-refractivity contribution in [3.63, 3.8) is 0 Å². The molecule has 214 valence electrons. The van der Waals surface area contributed by atoms with Gasteiger partial charge in [-0.2, -0.15) is 0 Å². The molecular weight excluding hydrogens is 476 g/mol. The zero-order valence-corrected chi connectivity index (χ0v) is 26.2. The summed E-state index contributed by atoms with van der Waals surface area (Å²) in [5, 5.41) is 0. The molecule has 2 heteroatoms. The molecule has 5 rings (SSSR count). The molecule has 7 unspecified atom stereocenters. The number of hydrogen-bond donors (Lipinski definition) is 0. The lowest BCUT2D eigenvalue weighted by Gasteiger charge is -2.62. The second kappa shape index (κ2) is 10.2. The number of hydrogen-bond acceptors (Lipinski definition) is 2. The summed E-state index contributed by atoms with van der Waals surface area (Å²) in [6, 6.07) is 9.54. The van der Waals surface area contributed by atoms with Crippen LogP contribution in [0.3, 0.4) is 0 Å². The van der Waals surface area contributed by atoms with Crippen molar-refractivity contribution in [3.05, 3.63) is 58.7 Å². The average Bonchev–Trinajstić information content (AvgIpc) is 3.17. The molecule has 0 spiro atoms. The molecule has 1 aromatic carbocycles. The molecule has 0 radical (unpaired) electrons. The van der Waals surface area contributed by atoms with E-state index in [0.717, 1.165) is 24.7 Å². The zero-order valence-electron chi connectivity index (χ0n) is 26.2. The number of fused-ring (bicyclic) bond motifs is 4. The number of carbonyl (C=O) groups excluding carboxylic acids is 1. The van der Waals surface area contributed by atoms with Crippen LogP contribution >= 0.6 is 0 Å².